The van der Waals surface area contributed by atoms with Gasteiger partial charge in [-0.05, 0) is 36.6 Å². The van der Waals surface area contributed by atoms with Gasteiger partial charge in [-0.3, -0.25) is 4.79 Å². The summed E-state index contributed by atoms with van der Waals surface area (Å²) in [4.78, 5) is 20.8. The lowest BCUT2D eigenvalue weighted by Gasteiger charge is -2.30. The van der Waals surface area contributed by atoms with Crippen LogP contribution in [-0.2, 0) is 21.0 Å². The zero-order chi connectivity index (χ0) is 26.4. The third-order valence-corrected chi connectivity index (χ3v) is 7.60. The van der Waals surface area contributed by atoms with Gasteiger partial charge in [-0.15, -0.1) is 0 Å². The molecule has 3 aromatic rings. The second-order valence-electron chi connectivity index (χ2n) is 8.64. The predicted octanol–water partition coefficient (Wildman–Crippen LogP) is 4.48. The van der Waals surface area contributed by atoms with Gasteiger partial charge < -0.3 is 9.64 Å². The lowest BCUT2D eigenvalue weighted by molar-refractivity contribution is -0.137. The van der Waals surface area contributed by atoms with Crippen molar-refractivity contribution in [3.63, 3.8) is 0 Å². The van der Waals surface area contributed by atoms with Gasteiger partial charge in [-0.1, -0.05) is 12.1 Å². The monoisotopic (exact) mass is 536 g/mol. The Morgan fingerprint density at radius 1 is 1.05 bits per heavy atom. The van der Waals surface area contributed by atoms with Gasteiger partial charge in [0.2, 0.25) is 11.9 Å². The summed E-state index contributed by atoms with van der Waals surface area (Å²) < 4.78 is 87.0. The van der Waals surface area contributed by atoms with E-state index < -0.39 is 33.5 Å². The fraction of sp³-hybridized carbons (Fsp3) is 0.292. The molecule has 5 rings (SSSR count). The molecule has 194 valence electrons. The Bertz CT molecular complexity index is 1460. The van der Waals surface area contributed by atoms with Crippen molar-refractivity contribution in [2.24, 2.45) is 0 Å². The number of rotatable bonds is 5. The fourth-order valence-electron chi connectivity index (χ4n) is 4.56. The maximum Gasteiger partial charge on any atom is 0.416 e. The van der Waals surface area contributed by atoms with E-state index in [1.165, 1.54) is 29.2 Å². The molecule has 1 fully saturated rings. The number of halogens is 4. The largest absolute Gasteiger partial charge is 0.493 e. The van der Waals surface area contributed by atoms with E-state index in [2.05, 4.69) is 14.7 Å². The standard InChI is InChI=1S/C24H20F4N4O4S/c25-15-12-29-23(30-13-15)31-37(34,35)16-4-6-19-17(7-9-36-21(19)11-16)18-5-3-14(24(26,27)28)10-20(18)32-8-1-2-22(32)33/h3-6,10-13,17H,1-2,7-9H2,(H,29,30,31)/t17-/m1/s1. The van der Waals surface area contributed by atoms with Crippen molar-refractivity contribution in [1.29, 1.82) is 0 Å². The van der Waals surface area contributed by atoms with Crippen LogP contribution in [0.2, 0.25) is 0 Å². The van der Waals surface area contributed by atoms with Crippen LogP contribution in [0.4, 0.5) is 29.2 Å². The first-order valence-corrected chi connectivity index (χ1v) is 12.8. The van der Waals surface area contributed by atoms with Gasteiger partial charge in [0.1, 0.15) is 5.75 Å². The Morgan fingerprint density at radius 2 is 1.78 bits per heavy atom. The van der Waals surface area contributed by atoms with Crippen LogP contribution >= 0.6 is 0 Å². The second-order valence-corrected chi connectivity index (χ2v) is 10.3. The number of hydrogen-bond acceptors (Lipinski definition) is 6. The minimum atomic E-state index is -4.58. The highest BCUT2D eigenvalue weighted by atomic mass is 32.2. The van der Waals surface area contributed by atoms with Crippen molar-refractivity contribution < 1.29 is 35.5 Å². The van der Waals surface area contributed by atoms with Gasteiger partial charge in [-0.2, -0.15) is 13.2 Å². The molecule has 37 heavy (non-hydrogen) atoms. The summed E-state index contributed by atoms with van der Waals surface area (Å²) >= 11 is 0. The van der Waals surface area contributed by atoms with E-state index in [0.29, 0.717) is 30.5 Å². The highest BCUT2D eigenvalue weighted by molar-refractivity contribution is 7.92. The van der Waals surface area contributed by atoms with Crippen molar-refractivity contribution in [3.8, 4) is 5.75 Å². The van der Waals surface area contributed by atoms with Crippen molar-refractivity contribution in [3.05, 3.63) is 71.3 Å². The average molecular weight is 537 g/mol. The van der Waals surface area contributed by atoms with E-state index >= 15 is 0 Å². The van der Waals surface area contributed by atoms with Crippen LogP contribution in [0.15, 0.2) is 53.7 Å². The Balaban J connectivity index is 1.52. The van der Waals surface area contributed by atoms with Gasteiger partial charge in [0.05, 0.1) is 29.5 Å². The topological polar surface area (TPSA) is 101 Å². The lowest BCUT2D eigenvalue weighted by atomic mass is 9.85. The Morgan fingerprint density at radius 3 is 2.46 bits per heavy atom. The molecule has 2 aliphatic rings. The van der Waals surface area contributed by atoms with E-state index in [-0.39, 0.29) is 41.2 Å². The van der Waals surface area contributed by atoms with E-state index in [9.17, 15) is 30.8 Å². The highest BCUT2D eigenvalue weighted by Gasteiger charge is 2.35. The lowest BCUT2D eigenvalue weighted by Crippen LogP contribution is -2.27. The number of ether oxygens (including phenoxy) is 1. The van der Waals surface area contributed by atoms with E-state index in [1.807, 2.05) is 0 Å². The normalized spacial score (nSPS) is 17.9. The van der Waals surface area contributed by atoms with Crippen molar-refractivity contribution in [2.75, 3.05) is 22.8 Å². The number of alkyl halides is 3. The molecule has 13 heteroatoms. The predicted molar refractivity (Wildman–Crippen MR) is 124 cm³/mol. The Labute approximate surface area is 209 Å². The number of benzene rings is 2. The first-order chi connectivity index (χ1) is 17.5. The molecule has 3 heterocycles. The van der Waals surface area contributed by atoms with Gasteiger partial charge in [0.25, 0.3) is 10.0 Å². The van der Waals surface area contributed by atoms with Crippen molar-refractivity contribution in [2.45, 2.75) is 36.3 Å². The van der Waals surface area contributed by atoms with Crippen LogP contribution in [0.25, 0.3) is 0 Å². The Hall–Kier alpha value is -3.74. The first-order valence-electron chi connectivity index (χ1n) is 11.3. The molecule has 2 aliphatic heterocycles. The fourth-order valence-corrected chi connectivity index (χ4v) is 5.53. The molecule has 0 saturated carbocycles. The van der Waals surface area contributed by atoms with Crippen LogP contribution < -0.4 is 14.4 Å². The maximum atomic E-state index is 13.5. The summed E-state index contributed by atoms with van der Waals surface area (Å²) in [6, 6.07) is 7.53. The molecular formula is C24H20F4N4O4S. The number of nitrogens with zero attached hydrogens (tertiary/aromatic N) is 3. The number of carbonyl (C=O) groups is 1. The third kappa shape index (κ3) is 4.95. The van der Waals surface area contributed by atoms with Gasteiger partial charge in [-0.25, -0.2) is 27.5 Å². The average Bonchev–Trinajstić information content (AvgIpc) is 3.29. The van der Waals surface area contributed by atoms with Crippen LogP contribution in [-0.4, -0.2) is 37.4 Å². The molecule has 0 bridgehead atoms. The molecule has 1 aromatic heterocycles. The van der Waals surface area contributed by atoms with E-state index in [1.54, 1.807) is 0 Å². The molecule has 0 radical (unpaired) electrons. The number of amides is 1. The molecule has 1 atom stereocenters. The molecular weight excluding hydrogens is 516 g/mol. The van der Waals surface area contributed by atoms with Crippen LogP contribution in [0.3, 0.4) is 0 Å². The van der Waals surface area contributed by atoms with Gasteiger partial charge in [0.15, 0.2) is 5.82 Å². The summed E-state index contributed by atoms with van der Waals surface area (Å²) in [6.07, 6.45) is -1.72. The number of anilines is 2. The number of nitrogens with one attached hydrogen (secondary N) is 1. The molecule has 1 N–H and O–H groups in total. The van der Waals surface area contributed by atoms with Crippen LogP contribution in [0.1, 0.15) is 41.9 Å². The number of sulfonamides is 1. The molecule has 2 aromatic carbocycles. The van der Waals surface area contributed by atoms with Crippen LogP contribution in [0.5, 0.6) is 5.75 Å². The number of hydrogen-bond donors (Lipinski definition) is 1. The van der Waals surface area contributed by atoms with Gasteiger partial charge in [0, 0.05) is 36.2 Å². The van der Waals surface area contributed by atoms with Crippen LogP contribution in [0, 0.1) is 5.82 Å². The molecule has 0 aliphatic carbocycles. The highest BCUT2D eigenvalue weighted by Crippen LogP contribution is 2.45. The maximum absolute atomic E-state index is 13.5. The van der Waals surface area contributed by atoms with Gasteiger partial charge >= 0.3 is 6.18 Å². The summed E-state index contributed by atoms with van der Waals surface area (Å²) in [5.41, 5.74) is 0.452. The SMILES string of the molecule is O=C1CCCN1c1cc(C(F)(F)F)ccc1[C@H]1CCOc2cc(S(=O)(=O)Nc3ncc(F)cn3)ccc21. The third-order valence-electron chi connectivity index (χ3n) is 6.28. The van der Waals surface area contributed by atoms with Crippen molar-refractivity contribution >= 4 is 27.6 Å². The quantitative estimate of drug-likeness (QED) is 0.483. The Kier molecular flexibility index (Phi) is 6.26. The van der Waals surface area contributed by atoms with E-state index in [4.69, 9.17) is 4.74 Å². The summed E-state index contributed by atoms with van der Waals surface area (Å²) in [5, 5.41) is 0. The number of carbonyl (C=O) groups excluding carboxylic acids is 1. The molecule has 0 unspecified atom stereocenters. The second kappa shape index (κ2) is 9.29. The molecule has 1 saturated heterocycles. The molecule has 0 spiro atoms. The first kappa shape index (κ1) is 24.9. The summed E-state index contributed by atoms with van der Waals surface area (Å²) in [5.74, 6) is -1.47. The zero-order valence-corrected chi connectivity index (χ0v) is 19.9. The molecule has 8 nitrogen and oxygen atoms in total. The van der Waals surface area contributed by atoms with E-state index in [0.717, 1.165) is 24.5 Å². The number of aromatic nitrogens is 2. The molecule has 1 amide bonds. The number of fused-ring (bicyclic) bond motifs is 1. The smallest absolute Gasteiger partial charge is 0.416 e. The minimum Gasteiger partial charge on any atom is -0.493 e. The minimum absolute atomic E-state index is 0.165. The zero-order valence-electron chi connectivity index (χ0n) is 19.1. The van der Waals surface area contributed by atoms with Crippen molar-refractivity contribution in [1.82, 2.24) is 9.97 Å². The summed E-state index contributed by atoms with van der Waals surface area (Å²) in [7, 11) is -4.15. The summed E-state index contributed by atoms with van der Waals surface area (Å²) in [6.45, 7) is 0.502.